The van der Waals surface area contributed by atoms with Crippen molar-refractivity contribution in [2.24, 2.45) is 0 Å². The Morgan fingerprint density at radius 2 is 0.739 bits per heavy atom. The van der Waals surface area contributed by atoms with Crippen molar-refractivity contribution < 1.29 is 32.8 Å². The predicted octanol–water partition coefficient (Wildman–Crippen LogP) is 7.27. The normalized spacial score (nSPS) is 9.57. The average Bonchev–Trinajstić information content (AvgIpc) is 2.80. The second kappa shape index (κ2) is 10.6. The Balaban J connectivity index is 0.000000360. The Bertz CT molecular complexity index is 429. The Hall–Kier alpha value is 0.605. The third-order valence-electron chi connectivity index (χ3n) is 5.62. The first-order chi connectivity index (χ1) is 10.5. The summed E-state index contributed by atoms with van der Waals surface area (Å²) in [4.78, 5) is 0. The van der Waals surface area contributed by atoms with Gasteiger partial charge in [-0.3, -0.25) is 0 Å². The van der Waals surface area contributed by atoms with Crippen molar-refractivity contribution in [2.75, 3.05) is 0 Å². The Labute approximate surface area is 168 Å². The molecule has 0 aliphatic heterocycles. The van der Waals surface area contributed by atoms with Gasteiger partial charge in [0.2, 0.25) is 0 Å². The summed E-state index contributed by atoms with van der Waals surface area (Å²) in [7, 11) is 0. The molecule has 3 heteroatoms. The van der Waals surface area contributed by atoms with E-state index in [1.807, 2.05) is 0 Å². The van der Waals surface area contributed by atoms with Crippen LogP contribution in [-0.2, 0) is 0 Å². The first-order valence-electron chi connectivity index (χ1n) is 7.88. The van der Waals surface area contributed by atoms with Crippen molar-refractivity contribution in [3.63, 3.8) is 0 Å². The zero-order chi connectivity index (χ0) is 18.5. The molecule has 0 saturated heterocycles. The molecule has 23 heavy (non-hydrogen) atoms. The van der Waals surface area contributed by atoms with Gasteiger partial charge in [0.05, 0.1) is 0 Å². The number of halogens is 2. The molecule has 0 unspecified atom stereocenters. The van der Waals surface area contributed by atoms with Crippen molar-refractivity contribution in [3.05, 3.63) is 55.6 Å². The molecular formula is C20H30Cl2Th-6. The fraction of sp³-hybridized carbons (Fsp3) is 0.500. The molecule has 0 heterocycles. The molecule has 2 rings (SSSR count). The maximum absolute atomic E-state index is 4.97. The van der Waals surface area contributed by atoms with Gasteiger partial charge in [-0.15, -0.1) is 0 Å². The SMILES string of the molecule is C[c-]1[c-](C)[c-](C)[c-](C)[c-]1C.Cc1c(C)c(C)[c-](C)c1C.[Cl][Th][Cl]. The van der Waals surface area contributed by atoms with Crippen LogP contribution in [-0.4, -0.2) is 0 Å². The van der Waals surface area contributed by atoms with Gasteiger partial charge in [0.15, 0.2) is 0 Å². The Kier molecular flexibility index (Phi) is 10.8. The molecule has 2 aromatic carbocycles. The third-order valence-corrected chi connectivity index (χ3v) is 5.62. The fourth-order valence-electron chi connectivity index (χ4n) is 2.81. The second-order valence-electron chi connectivity index (χ2n) is 6.32. The van der Waals surface area contributed by atoms with Gasteiger partial charge in [-0.2, -0.15) is 27.8 Å². The first kappa shape index (κ1) is 23.6. The van der Waals surface area contributed by atoms with Crippen molar-refractivity contribution in [2.45, 2.75) is 69.2 Å². The van der Waals surface area contributed by atoms with Crippen LogP contribution in [0.2, 0.25) is 0 Å². The van der Waals surface area contributed by atoms with Crippen LogP contribution >= 0.6 is 11.9 Å². The van der Waals surface area contributed by atoms with Crippen LogP contribution in [0.15, 0.2) is 0 Å². The molecule has 0 N–H and O–H groups in total. The summed E-state index contributed by atoms with van der Waals surface area (Å²) in [6.45, 7) is 22.0. The summed E-state index contributed by atoms with van der Waals surface area (Å²) < 4.78 is 0. The second-order valence-corrected chi connectivity index (χ2v) is 12.2. The van der Waals surface area contributed by atoms with Crippen molar-refractivity contribution >= 4 is 11.9 Å². The molecule has 0 aromatic heterocycles. The zero-order valence-corrected chi connectivity index (χ0v) is 21.9. The van der Waals surface area contributed by atoms with Gasteiger partial charge in [-0.25, -0.2) is 34.6 Å². The van der Waals surface area contributed by atoms with Gasteiger partial charge in [0, 0.05) is 0 Å². The molecule has 0 spiro atoms. The number of hydrogen-bond donors (Lipinski definition) is 0. The van der Waals surface area contributed by atoms with E-state index < -0.39 is 32.8 Å². The molecule has 0 saturated carbocycles. The minimum absolute atomic E-state index is 1.06. The maximum atomic E-state index is 4.97. The molecule has 0 fully saturated rings. The van der Waals surface area contributed by atoms with Crippen LogP contribution in [0.25, 0.3) is 0 Å². The summed E-state index contributed by atoms with van der Waals surface area (Å²) in [6, 6.07) is 0. The van der Waals surface area contributed by atoms with Crippen molar-refractivity contribution in [3.8, 4) is 0 Å². The minimum atomic E-state index is -1.06. The van der Waals surface area contributed by atoms with Crippen LogP contribution in [0.4, 0.5) is 0 Å². The summed E-state index contributed by atoms with van der Waals surface area (Å²) >= 11 is -1.06. The predicted molar refractivity (Wildman–Crippen MR) is 103 cm³/mol. The fourth-order valence-corrected chi connectivity index (χ4v) is 2.81. The van der Waals surface area contributed by atoms with E-state index in [1.54, 1.807) is 0 Å². The van der Waals surface area contributed by atoms with Gasteiger partial charge < -0.3 is 27.8 Å². The molecule has 0 bridgehead atoms. The zero-order valence-electron chi connectivity index (χ0n) is 16.3. The summed E-state index contributed by atoms with van der Waals surface area (Å²) in [5.41, 5.74) is 14.7. The van der Waals surface area contributed by atoms with Gasteiger partial charge in [0.1, 0.15) is 0 Å². The summed E-state index contributed by atoms with van der Waals surface area (Å²) in [5.74, 6) is 9.95. The summed E-state index contributed by atoms with van der Waals surface area (Å²) in [6.07, 6.45) is 0. The van der Waals surface area contributed by atoms with Crippen molar-refractivity contribution in [1.82, 2.24) is 0 Å². The van der Waals surface area contributed by atoms with Crippen molar-refractivity contribution in [1.29, 1.82) is 0 Å². The van der Waals surface area contributed by atoms with E-state index in [9.17, 15) is 0 Å². The van der Waals surface area contributed by atoms with Crippen LogP contribution in [0, 0.1) is 102 Å². The van der Waals surface area contributed by atoms with Gasteiger partial charge in [0.25, 0.3) is 0 Å². The van der Waals surface area contributed by atoms with Gasteiger partial charge in [-0.1, -0.05) is 34.6 Å². The quantitative estimate of drug-likeness (QED) is 0.291. The first-order valence-corrected chi connectivity index (χ1v) is 18.0. The molecule has 0 aliphatic rings. The molecule has 0 aliphatic carbocycles. The Morgan fingerprint density at radius 3 is 0.826 bits per heavy atom. The molecule has 0 radical (unpaired) electrons. The van der Waals surface area contributed by atoms with Crippen LogP contribution in [0.1, 0.15) is 55.6 Å². The Morgan fingerprint density at radius 1 is 0.565 bits per heavy atom. The topological polar surface area (TPSA) is 0 Å². The monoisotopic (exact) mass is 572 g/mol. The number of rotatable bonds is 0. The van der Waals surface area contributed by atoms with E-state index in [0.29, 0.717) is 0 Å². The standard InChI is InChI=1S/2C10H15.2ClH.Th/c2*1-6-7(2)9(4)10(5)8(6)3;;;/h2*1-5H3;2*1H;/q-5;-1;;;+2/p-2. The average molecular weight is 573 g/mol. The molecular weight excluding hydrogens is 543 g/mol. The molecule has 134 valence electrons. The summed E-state index contributed by atoms with van der Waals surface area (Å²) in [5, 5.41) is 0. The van der Waals surface area contributed by atoms with E-state index >= 15 is 0 Å². The molecule has 0 amide bonds. The third kappa shape index (κ3) is 5.82. The van der Waals surface area contributed by atoms with Crippen LogP contribution in [0.5, 0.6) is 0 Å². The van der Waals surface area contributed by atoms with E-state index in [4.69, 9.17) is 11.9 Å². The van der Waals surface area contributed by atoms with E-state index in [0.717, 1.165) is 0 Å². The van der Waals surface area contributed by atoms with Gasteiger partial charge in [-0.05, 0) is 0 Å². The van der Waals surface area contributed by atoms with Crippen LogP contribution < -0.4 is 0 Å². The van der Waals surface area contributed by atoms with Crippen LogP contribution in [0.3, 0.4) is 0 Å². The number of hydrogen-bond acceptors (Lipinski definition) is 0. The molecule has 0 atom stereocenters. The van der Waals surface area contributed by atoms with Gasteiger partial charge >= 0.3 is 44.7 Å². The van der Waals surface area contributed by atoms with E-state index in [2.05, 4.69) is 69.2 Å². The van der Waals surface area contributed by atoms with E-state index in [-0.39, 0.29) is 0 Å². The van der Waals surface area contributed by atoms with E-state index in [1.165, 1.54) is 55.6 Å². The molecule has 2 aromatic rings. The molecule has 0 nitrogen and oxygen atoms in total.